The third-order valence-corrected chi connectivity index (χ3v) is 5.58. The molecule has 0 amide bonds. The van der Waals surface area contributed by atoms with Gasteiger partial charge in [0, 0.05) is 32.0 Å². The van der Waals surface area contributed by atoms with Gasteiger partial charge in [-0.2, -0.15) is 10.1 Å². The van der Waals surface area contributed by atoms with Gasteiger partial charge in [0.2, 0.25) is 5.95 Å². The van der Waals surface area contributed by atoms with Crippen molar-refractivity contribution in [3.8, 4) is 5.69 Å². The van der Waals surface area contributed by atoms with Crippen LogP contribution in [0.1, 0.15) is 11.1 Å². The Labute approximate surface area is 179 Å². The number of fused-ring (bicyclic) bond motifs is 2. The van der Waals surface area contributed by atoms with Crippen molar-refractivity contribution in [2.24, 2.45) is 7.05 Å². The highest BCUT2D eigenvalue weighted by atomic mass is 16.1. The molecular weight excluding hydrogens is 392 g/mol. The molecule has 9 heteroatoms. The maximum atomic E-state index is 12.9. The highest BCUT2D eigenvalue weighted by molar-refractivity contribution is 5.77. The van der Waals surface area contributed by atoms with Crippen molar-refractivity contribution in [3.05, 3.63) is 70.9 Å². The Morgan fingerprint density at radius 1 is 1.23 bits per heavy atom. The first-order valence-electron chi connectivity index (χ1n) is 10.2. The average molecular weight is 416 g/mol. The van der Waals surface area contributed by atoms with Crippen LogP contribution in [0, 0.1) is 0 Å². The van der Waals surface area contributed by atoms with E-state index in [1.807, 2.05) is 13.2 Å². The summed E-state index contributed by atoms with van der Waals surface area (Å²) in [5, 5.41) is 7.99. The molecule has 1 N–H and O–H groups in total. The molecule has 0 unspecified atom stereocenters. The lowest BCUT2D eigenvalue weighted by Gasteiger charge is -2.25. The van der Waals surface area contributed by atoms with E-state index in [0.717, 1.165) is 30.9 Å². The Morgan fingerprint density at radius 2 is 2.10 bits per heavy atom. The largest absolute Gasteiger partial charge is 0.324 e. The fourth-order valence-corrected chi connectivity index (χ4v) is 4.06. The lowest BCUT2D eigenvalue weighted by atomic mass is 9.99. The number of likely N-dealkylation sites (N-methyl/N-ethyl adjacent to an activating group) is 1. The van der Waals surface area contributed by atoms with E-state index in [9.17, 15) is 4.79 Å². The molecule has 4 heterocycles. The molecule has 1 aliphatic heterocycles. The minimum absolute atomic E-state index is 0.165. The zero-order valence-electron chi connectivity index (χ0n) is 17.6. The van der Waals surface area contributed by atoms with Crippen LogP contribution in [0.2, 0.25) is 0 Å². The van der Waals surface area contributed by atoms with Gasteiger partial charge in [0.25, 0.3) is 5.56 Å². The first kappa shape index (κ1) is 19.3. The summed E-state index contributed by atoms with van der Waals surface area (Å²) in [6, 6.07) is 6.36. The molecule has 0 aliphatic carbocycles. The van der Waals surface area contributed by atoms with E-state index >= 15 is 0 Å². The van der Waals surface area contributed by atoms with Crippen molar-refractivity contribution in [2.75, 3.05) is 18.9 Å². The van der Waals surface area contributed by atoms with E-state index in [4.69, 9.17) is 0 Å². The third kappa shape index (κ3) is 3.42. The maximum absolute atomic E-state index is 12.9. The molecule has 1 aromatic carbocycles. The molecule has 3 aromatic heterocycles. The highest BCUT2D eigenvalue weighted by Crippen LogP contribution is 2.24. The Bertz CT molecular complexity index is 1350. The minimum atomic E-state index is -0.165. The van der Waals surface area contributed by atoms with Crippen molar-refractivity contribution in [2.45, 2.75) is 19.5 Å². The summed E-state index contributed by atoms with van der Waals surface area (Å²) in [5.74, 6) is 0.435. The van der Waals surface area contributed by atoms with Gasteiger partial charge in [-0.15, -0.1) is 6.58 Å². The van der Waals surface area contributed by atoms with Crippen LogP contribution in [-0.2, 0) is 26.6 Å². The molecule has 9 nitrogen and oxygen atoms in total. The van der Waals surface area contributed by atoms with E-state index in [1.165, 1.54) is 11.1 Å². The Morgan fingerprint density at radius 3 is 2.87 bits per heavy atom. The van der Waals surface area contributed by atoms with Crippen LogP contribution in [0.3, 0.4) is 0 Å². The van der Waals surface area contributed by atoms with Crippen LogP contribution in [0.15, 0.2) is 54.2 Å². The summed E-state index contributed by atoms with van der Waals surface area (Å²) in [5.41, 5.74) is 4.72. The van der Waals surface area contributed by atoms with Gasteiger partial charge in [0.15, 0.2) is 5.65 Å². The van der Waals surface area contributed by atoms with Crippen LogP contribution in [0.25, 0.3) is 16.7 Å². The van der Waals surface area contributed by atoms with Gasteiger partial charge >= 0.3 is 0 Å². The number of hydrogen-bond acceptors (Lipinski definition) is 6. The zero-order valence-corrected chi connectivity index (χ0v) is 17.6. The molecule has 0 spiro atoms. The normalized spacial score (nSPS) is 14.0. The van der Waals surface area contributed by atoms with Gasteiger partial charge in [-0.1, -0.05) is 12.1 Å². The average Bonchev–Trinajstić information content (AvgIpc) is 3.29. The van der Waals surface area contributed by atoms with Gasteiger partial charge in [-0.3, -0.25) is 9.48 Å². The number of anilines is 2. The highest BCUT2D eigenvalue weighted by Gasteiger charge is 2.18. The minimum Gasteiger partial charge on any atom is -0.324 e. The van der Waals surface area contributed by atoms with Crippen LogP contribution >= 0.6 is 0 Å². The number of hydrogen-bond donors (Lipinski definition) is 1. The number of allylic oxidation sites excluding steroid dienone is 1. The topological polar surface area (TPSA) is 85.8 Å². The molecule has 158 valence electrons. The number of rotatable bonds is 5. The summed E-state index contributed by atoms with van der Waals surface area (Å²) >= 11 is 0. The van der Waals surface area contributed by atoms with E-state index in [-0.39, 0.29) is 5.56 Å². The van der Waals surface area contributed by atoms with Gasteiger partial charge in [-0.05, 0) is 36.7 Å². The number of nitrogens with one attached hydrogen (secondary N) is 1. The lowest BCUT2D eigenvalue weighted by molar-refractivity contribution is 0.313. The van der Waals surface area contributed by atoms with Crippen molar-refractivity contribution >= 4 is 22.7 Å². The molecule has 0 radical (unpaired) electrons. The molecule has 1 aliphatic rings. The first-order chi connectivity index (χ1) is 15.0. The first-order valence-corrected chi connectivity index (χ1v) is 10.2. The van der Waals surface area contributed by atoms with Gasteiger partial charge in [0.1, 0.15) is 11.1 Å². The monoisotopic (exact) mass is 416 g/mol. The molecule has 5 rings (SSSR count). The smallest absolute Gasteiger partial charge is 0.278 e. The molecule has 31 heavy (non-hydrogen) atoms. The molecule has 0 bridgehead atoms. The molecule has 0 atom stereocenters. The molecule has 0 fully saturated rings. The Kier molecular flexibility index (Phi) is 4.67. The number of benzene rings is 1. The summed E-state index contributed by atoms with van der Waals surface area (Å²) in [6.07, 6.45) is 7.86. The Hall–Kier alpha value is -3.72. The summed E-state index contributed by atoms with van der Waals surface area (Å²) in [4.78, 5) is 24.3. The SMILES string of the molecule is C=CCn1c(=O)c2cnc(Nc3ccc4c(c3)CN(C)CC4)nc2n1-c1cnn(C)c1. The third-order valence-electron chi connectivity index (χ3n) is 5.58. The zero-order chi connectivity index (χ0) is 21.5. The molecule has 4 aromatic rings. The lowest BCUT2D eigenvalue weighted by Crippen LogP contribution is -2.26. The predicted octanol–water partition coefficient (Wildman–Crippen LogP) is 2.23. The molecule has 0 saturated carbocycles. The van der Waals surface area contributed by atoms with Crippen LogP contribution in [0.5, 0.6) is 0 Å². The quantitative estimate of drug-likeness (QED) is 0.502. The van der Waals surface area contributed by atoms with Gasteiger partial charge in [0.05, 0.1) is 18.9 Å². The van der Waals surface area contributed by atoms with Crippen molar-refractivity contribution in [1.82, 2.24) is 34.0 Å². The van der Waals surface area contributed by atoms with E-state index in [0.29, 0.717) is 23.5 Å². The molecular formula is C22H24N8O. The van der Waals surface area contributed by atoms with Crippen LogP contribution < -0.4 is 10.9 Å². The fourth-order valence-electron chi connectivity index (χ4n) is 4.06. The standard InChI is InChI=1S/C22H24N8O/c1-4-8-29-21(31)19-12-23-22(26-20(19)30(29)18-11-24-28(3)14-18)25-17-6-5-15-7-9-27(2)13-16(15)10-17/h4-6,10-12,14H,1,7-9,13H2,2-3H3,(H,23,25,26). The number of aromatic nitrogens is 6. The number of aryl methyl sites for hydroxylation is 1. The van der Waals surface area contributed by atoms with E-state index in [1.54, 1.807) is 32.5 Å². The van der Waals surface area contributed by atoms with Gasteiger partial charge < -0.3 is 10.2 Å². The summed E-state index contributed by atoms with van der Waals surface area (Å²) < 4.78 is 5.04. The van der Waals surface area contributed by atoms with Gasteiger partial charge in [-0.25, -0.2) is 14.3 Å². The van der Waals surface area contributed by atoms with E-state index < -0.39 is 0 Å². The van der Waals surface area contributed by atoms with Crippen molar-refractivity contribution < 1.29 is 0 Å². The fraction of sp³-hybridized carbons (Fsp3) is 0.273. The second kappa shape index (κ2) is 7.51. The van der Waals surface area contributed by atoms with E-state index in [2.05, 4.69) is 57.1 Å². The van der Waals surface area contributed by atoms with Crippen molar-refractivity contribution in [3.63, 3.8) is 0 Å². The van der Waals surface area contributed by atoms with Crippen molar-refractivity contribution in [1.29, 1.82) is 0 Å². The molecule has 0 saturated heterocycles. The predicted molar refractivity (Wildman–Crippen MR) is 120 cm³/mol. The van der Waals surface area contributed by atoms with Crippen LogP contribution in [0.4, 0.5) is 11.6 Å². The number of nitrogens with zero attached hydrogens (tertiary/aromatic N) is 7. The Balaban J connectivity index is 1.58. The summed E-state index contributed by atoms with van der Waals surface area (Å²) in [7, 11) is 3.96. The maximum Gasteiger partial charge on any atom is 0.278 e. The second-order valence-corrected chi connectivity index (χ2v) is 7.89. The summed E-state index contributed by atoms with van der Waals surface area (Å²) in [6.45, 7) is 6.13. The van der Waals surface area contributed by atoms with Crippen LogP contribution in [-0.4, -0.2) is 47.6 Å². The second-order valence-electron chi connectivity index (χ2n) is 7.89.